The SMILES string of the molecule is Cc1ccc(C2=C(Nc3ccc(C)c(C)c3)C(=O)N(c3cccc4ccccc34)C2=O)cc1. The zero-order valence-corrected chi connectivity index (χ0v) is 18.8. The molecular weight excluding hydrogens is 408 g/mol. The van der Waals surface area contributed by atoms with E-state index in [1.165, 1.54) is 10.5 Å². The molecule has 1 aliphatic heterocycles. The number of fused-ring (bicyclic) bond motifs is 1. The Kier molecular flexibility index (Phi) is 5.06. The number of carbonyl (C=O) groups excluding carboxylic acids is 2. The summed E-state index contributed by atoms with van der Waals surface area (Å²) in [6.45, 7) is 6.07. The highest BCUT2D eigenvalue weighted by Gasteiger charge is 2.40. The fourth-order valence-corrected chi connectivity index (χ4v) is 4.22. The molecule has 0 fully saturated rings. The van der Waals surface area contributed by atoms with E-state index in [9.17, 15) is 9.59 Å². The van der Waals surface area contributed by atoms with E-state index < -0.39 is 0 Å². The third kappa shape index (κ3) is 3.60. The van der Waals surface area contributed by atoms with Crippen molar-refractivity contribution in [3.63, 3.8) is 0 Å². The Hall–Kier alpha value is -4.18. The summed E-state index contributed by atoms with van der Waals surface area (Å²) in [5.41, 5.74) is 6.12. The van der Waals surface area contributed by atoms with Crippen molar-refractivity contribution in [1.82, 2.24) is 0 Å². The maximum absolute atomic E-state index is 13.8. The van der Waals surface area contributed by atoms with Crippen LogP contribution in [0.3, 0.4) is 0 Å². The molecule has 1 N–H and O–H groups in total. The number of benzene rings is 4. The molecule has 0 saturated heterocycles. The van der Waals surface area contributed by atoms with Gasteiger partial charge in [-0.1, -0.05) is 72.3 Å². The summed E-state index contributed by atoms with van der Waals surface area (Å²) in [6.07, 6.45) is 0. The second kappa shape index (κ2) is 8.06. The largest absolute Gasteiger partial charge is 0.350 e. The minimum Gasteiger partial charge on any atom is -0.350 e. The van der Waals surface area contributed by atoms with Gasteiger partial charge in [-0.15, -0.1) is 0 Å². The highest BCUT2D eigenvalue weighted by molar-refractivity contribution is 6.47. The average molecular weight is 433 g/mol. The van der Waals surface area contributed by atoms with Crippen molar-refractivity contribution in [2.75, 3.05) is 10.2 Å². The second-order valence-corrected chi connectivity index (χ2v) is 8.48. The number of amides is 2. The number of anilines is 2. The molecule has 1 aliphatic rings. The van der Waals surface area contributed by atoms with Crippen LogP contribution in [0.5, 0.6) is 0 Å². The molecule has 162 valence electrons. The number of imide groups is 1. The van der Waals surface area contributed by atoms with Gasteiger partial charge >= 0.3 is 0 Å². The van der Waals surface area contributed by atoms with Crippen LogP contribution >= 0.6 is 0 Å². The Bertz CT molecular complexity index is 1440. The third-order valence-corrected chi connectivity index (χ3v) is 6.21. The van der Waals surface area contributed by atoms with Gasteiger partial charge < -0.3 is 5.32 Å². The van der Waals surface area contributed by atoms with Crippen LogP contribution in [0.4, 0.5) is 11.4 Å². The Labute approximate surface area is 193 Å². The number of nitrogens with one attached hydrogen (secondary N) is 1. The van der Waals surface area contributed by atoms with Crippen LogP contribution in [0.25, 0.3) is 16.3 Å². The first-order valence-corrected chi connectivity index (χ1v) is 11.0. The van der Waals surface area contributed by atoms with Gasteiger partial charge in [-0.05, 0) is 61.0 Å². The van der Waals surface area contributed by atoms with E-state index in [0.717, 1.165) is 27.6 Å². The van der Waals surface area contributed by atoms with Gasteiger partial charge in [-0.2, -0.15) is 0 Å². The molecular formula is C29H24N2O2. The van der Waals surface area contributed by atoms with Crippen LogP contribution in [-0.2, 0) is 9.59 Å². The molecule has 33 heavy (non-hydrogen) atoms. The summed E-state index contributed by atoms with van der Waals surface area (Å²) in [5.74, 6) is -0.684. The second-order valence-electron chi connectivity index (χ2n) is 8.48. The number of hydrogen-bond donors (Lipinski definition) is 1. The topological polar surface area (TPSA) is 49.4 Å². The van der Waals surface area contributed by atoms with Gasteiger partial charge in [0.15, 0.2) is 0 Å². The van der Waals surface area contributed by atoms with Gasteiger partial charge in [-0.3, -0.25) is 9.59 Å². The van der Waals surface area contributed by atoms with E-state index in [1.807, 2.05) is 106 Å². The molecule has 0 atom stereocenters. The van der Waals surface area contributed by atoms with Gasteiger partial charge in [0.05, 0.1) is 11.3 Å². The van der Waals surface area contributed by atoms with E-state index in [2.05, 4.69) is 5.32 Å². The minimum atomic E-state index is -0.356. The molecule has 4 aromatic rings. The first-order chi connectivity index (χ1) is 15.9. The predicted octanol–water partition coefficient (Wildman–Crippen LogP) is 6.16. The smallest absolute Gasteiger partial charge is 0.282 e. The fourth-order valence-electron chi connectivity index (χ4n) is 4.22. The molecule has 0 radical (unpaired) electrons. The average Bonchev–Trinajstić information content (AvgIpc) is 3.05. The van der Waals surface area contributed by atoms with E-state index >= 15 is 0 Å². The van der Waals surface area contributed by atoms with Crippen molar-refractivity contribution < 1.29 is 9.59 Å². The Balaban J connectivity index is 1.66. The lowest BCUT2D eigenvalue weighted by atomic mass is 10.0. The highest BCUT2D eigenvalue weighted by Crippen LogP contribution is 2.37. The Morgan fingerprint density at radius 1 is 0.697 bits per heavy atom. The molecule has 0 spiro atoms. The van der Waals surface area contributed by atoms with Crippen molar-refractivity contribution in [2.45, 2.75) is 20.8 Å². The minimum absolute atomic E-state index is 0.292. The Morgan fingerprint density at radius 2 is 1.42 bits per heavy atom. The Morgan fingerprint density at radius 3 is 2.18 bits per heavy atom. The van der Waals surface area contributed by atoms with E-state index in [0.29, 0.717) is 22.5 Å². The fraction of sp³-hybridized carbons (Fsp3) is 0.103. The van der Waals surface area contributed by atoms with Crippen LogP contribution in [-0.4, -0.2) is 11.8 Å². The maximum atomic E-state index is 13.8. The number of hydrogen-bond acceptors (Lipinski definition) is 3. The first-order valence-electron chi connectivity index (χ1n) is 11.0. The molecule has 4 nitrogen and oxygen atoms in total. The van der Waals surface area contributed by atoms with Crippen LogP contribution in [0.1, 0.15) is 22.3 Å². The normalized spacial score (nSPS) is 13.8. The lowest BCUT2D eigenvalue weighted by molar-refractivity contribution is -0.120. The zero-order chi connectivity index (χ0) is 23.1. The molecule has 0 aliphatic carbocycles. The van der Waals surface area contributed by atoms with Gasteiger partial charge in [0, 0.05) is 11.1 Å². The summed E-state index contributed by atoms with van der Waals surface area (Å²) in [6, 6.07) is 27.1. The van der Waals surface area contributed by atoms with Crippen molar-refractivity contribution in [1.29, 1.82) is 0 Å². The zero-order valence-electron chi connectivity index (χ0n) is 18.8. The van der Waals surface area contributed by atoms with Gasteiger partial charge in [-0.25, -0.2) is 4.90 Å². The van der Waals surface area contributed by atoms with Crippen LogP contribution in [0.2, 0.25) is 0 Å². The van der Waals surface area contributed by atoms with Crippen LogP contribution in [0, 0.1) is 20.8 Å². The van der Waals surface area contributed by atoms with Crippen LogP contribution < -0.4 is 10.2 Å². The lowest BCUT2D eigenvalue weighted by Gasteiger charge is -2.18. The summed E-state index contributed by atoms with van der Waals surface area (Å²) in [4.78, 5) is 28.8. The number of aryl methyl sites for hydroxylation is 3. The van der Waals surface area contributed by atoms with Crippen molar-refractivity contribution in [3.8, 4) is 0 Å². The maximum Gasteiger partial charge on any atom is 0.282 e. The lowest BCUT2D eigenvalue weighted by Crippen LogP contribution is -2.32. The van der Waals surface area contributed by atoms with Gasteiger partial charge in [0.2, 0.25) is 0 Å². The van der Waals surface area contributed by atoms with Gasteiger partial charge in [0.25, 0.3) is 11.8 Å². The number of carbonyl (C=O) groups is 2. The molecule has 0 saturated carbocycles. The molecule has 5 rings (SSSR count). The monoisotopic (exact) mass is 432 g/mol. The highest BCUT2D eigenvalue weighted by atomic mass is 16.2. The third-order valence-electron chi connectivity index (χ3n) is 6.21. The molecule has 1 heterocycles. The van der Waals surface area contributed by atoms with E-state index in [1.54, 1.807) is 0 Å². The molecule has 2 amide bonds. The number of nitrogens with zero attached hydrogens (tertiary/aromatic N) is 1. The first kappa shape index (κ1) is 20.7. The molecule has 0 unspecified atom stereocenters. The van der Waals surface area contributed by atoms with Crippen molar-refractivity contribution in [3.05, 3.63) is 113 Å². The summed E-state index contributed by atoms with van der Waals surface area (Å²) < 4.78 is 0. The molecule has 0 bridgehead atoms. The summed E-state index contributed by atoms with van der Waals surface area (Å²) in [7, 11) is 0. The van der Waals surface area contributed by atoms with Crippen molar-refractivity contribution in [2.24, 2.45) is 0 Å². The van der Waals surface area contributed by atoms with E-state index in [4.69, 9.17) is 0 Å². The summed E-state index contributed by atoms with van der Waals surface area (Å²) >= 11 is 0. The molecule has 4 heteroatoms. The van der Waals surface area contributed by atoms with E-state index in [-0.39, 0.29) is 11.8 Å². The quantitative estimate of drug-likeness (QED) is 0.393. The predicted molar refractivity (Wildman–Crippen MR) is 134 cm³/mol. The van der Waals surface area contributed by atoms with Gasteiger partial charge in [0.1, 0.15) is 5.70 Å². The van der Waals surface area contributed by atoms with Crippen molar-refractivity contribution >= 4 is 39.5 Å². The molecule has 0 aromatic heterocycles. The standard InChI is InChI=1S/C29H24N2O2/c1-18-11-14-22(15-12-18)26-27(30-23-16-13-19(2)20(3)17-23)29(33)31(28(26)32)25-10-6-8-21-7-4-5-9-24(21)25/h4-17,30H,1-3H3. The van der Waals surface area contributed by atoms with Crippen LogP contribution in [0.15, 0.2) is 90.6 Å². The number of rotatable bonds is 4. The summed E-state index contributed by atoms with van der Waals surface area (Å²) in [5, 5.41) is 5.10. The molecule has 4 aromatic carbocycles.